The van der Waals surface area contributed by atoms with Crippen LogP contribution in [0.15, 0.2) is 18.2 Å². The molecule has 0 aliphatic heterocycles. The summed E-state index contributed by atoms with van der Waals surface area (Å²) in [4.78, 5) is 12.4. The lowest BCUT2D eigenvalue weighted by Crippen LogP contribution is -2.28. The molecule has 1 unspecified atom stereocenters. The van der Waals surface area contributed by atoms with Gasteiger partial charge in [0, 0.05) is 35.7 Å². The van der Waals surface area contributed by atoms with Crippen LogP contribution in [-0.2, 0) is 5.33 Å². The zero-order chi connectivity index (χ0) is 13.7. The molecule has 1 rings (SSSR count). The standard InChI is InChI=1S/C12H14BrN3O2/c1-9(5-6-14)15(2)11-3-4-12(16(17)18)10(7-11)8-13/h3-4,7,9H,5,8H2,1-2H3. The topological polar surface area (TPSA) is 70.2 Å². The third kappa shape index (κ3) is 3.20. The highest BCUT2D eigenvalue weighted by molar-refractivity contribution is 9.08. The van der Waals surface area contributed by atoms with Crippen LogP contribution in [0.4, 0.5) is 11.4 Å². The minimum Gasteiger partial charge on any atom is -0.371 e. The first-order valence-corrected chi connectivity index (χ1v) is 6.56. The summed E-state index contributed by atoms with van der Waals surface area (Å²) in [5.41, 5.74) is 1.61. The van der Waals surface area contributed by atoms with E-state index in [0.717, 1.165) is 5.69 Å². The Hall–Kier alpha value is -1.61. The number of nitro benzene ring substituents is 1. The van der Waals surface area contributed by atoms with Crippen molar-refractivity contribution in [2.24, 2.45) is 0 Å². The molecule has 0 heterocycles. The van der Waals surface area contributed by atoms with Crippen LogP contribution in [0.25, 0.3) is 0 Å². The molecular weight excluding hydrogens is 298 g/mol. The predicted molar refractivity (Wildman–Crippen MR) is 73.8 cm³/mol. The quantitative estimate of drug-likeness (QED) is 0.475. The molecule has 0 amide bonds. The molecule has 0 aliphatic carbocycles. The number of rotatable bonds is 5. The van der Waals surface area contributed by atoms with E-state index in [4.69, 9.17) is 5.26 Å². The van der Waals surface area contributed by atoms with Crippen molar-refractivity contribution in [1.29, 1.82) is 5.26 Å². The molecule has 1 aromatic rings. The molecule has 6 heteroatoms. The zero-order valence-corrected chi connectivity index (χ0v) is 11.8. The van der Waals surface area contributed by atoms with E-state index in [1.807, 2.05) is 18.9 Å². The van der Waals surface area contributed by atoms with E-state index in [9.17, 15) is 10.1 Å². The summed E-state index contributed by atoms with van der Waals surface area (Å²) in [5, 5.41) is 19.9. The lowest BCUT2D eigenvalue weighted by Gasteiger charge is -2.25. The first-order chi connectivity index (χ1) is 8.51. The van der Waals surface area contributed by atoms with E-state index in [1.54, 1.807) is 12.1 Å². The summed E-state index contributed by atoms with van der Waals surface area (Å²) < 4.78 is 0. The van der Waals surface area contributed by atoms with Gasteiger partial charge < -0.3 is 4.90 Å². The van der Waals surface area contributed by atoms with Gasteiger partial charge >= 0.3 is 0 Å². The maximum Gasteiger partial charge on any atom is 0.273 e. The summed E-state index contributed by atoms with van der Waals surface area (Å²) in [6.45, 7) is 1.94. The van der Waals surface area contributed by atoms with Gasteiger partial charge in [-0.05, 0) is 19.1 Å². The number of nitriles is 1. The number of benzene rings is 1. The van der Waals surface area contributed by atoms with Crippen LogP contribution < -0.4 is 4.90 Å². The van der Waals surface area contributed by atoms with Crippen LogP contribution in [0, 0.1) is 21.4 Å². The SMILES string of the molecule is CC(CC#N)N(C)c1ccc([N+](=O)[O-])c(CBr)c1. The average molecular weight is 312 g/mol. The van der Waals surface area contributed by atoms with Crippen molar-refractivity contribution in [3.05, 3.63) is 33.9 Å². The molecule has 0 aliphatic rings. The smallest absolute Gasteiger partial charge is 0.273 e. The van der Waals surface area contributed by atoms with E-state index in [1.165, 1.54) is 6.07 Å². The number of hydrogen-bond acceptors (Lipinski definition) is 4. The Bertz CT molecular complexity index is 485. The van der Waals surface area contributed by atoms with Crippen molar-refractivity contribution in [1.82, 2.24) is 0 Å². The van der Waals surface area contributed by atoms with Gasteiger partial charge in [-0.2, -0.15) is 5.26 Å². The van der Waals surface area contributed by atoms with E-state index in [2.05, 4.69) is 22.0 Å². The highest BCUT2D eigenvalue weighted by atomic mass is 79.9. The van der Waals surface area contributed by atoms with Gasteiger partial charge in [-0.3, -0.25) is 10.1 Å². The summed E-state index contributed by atoms with van der Waals surface area (Å²) in [6, 6.07) is 7.17. The summed E-state index contributed by atoms with van der Waals surface area (Å²) in [7, 11) is 1.88. The molecule has 0 saturated carbocycles. The second kappa shape index (κ2) is 6.36. The van der Waals surface area contributed by atoms with Crippen LogP contribution in [0.2, 0.25) is 0 Å². The number of nitro groups is 1. The Labute approximate surface area is 114 Å². The Balaban J connectivity index is 3.06. The van der Waals surface area contributed by atoms with Crippen LogP contribution in [0.1, 0.15) is 18.9 Å². The third-order valence-electron chi connectivity index (χ3n) is 2.86. The molecule has 18 heavy (non-hydrogen) atoms. The van der Waals surface area contributed by atoms with E-state index < -0.39 is 0 Å². The van der Waals surface area contributed by atoms with E-state index >= 15 is 0 Å². The molecular formula is C12H14BrN3O2. The van der Waals surface area contributed by atoms with Crippen molar-refractivity contribution in [2.45, 2.75) is 24.7 Å². The minimum absolute atomic E-state index is 0.0691. The number of halogens is 1. The zero-order valence-electron chi connectivity index (χ0n) is 10.3. The van der Waals surface area contributed by atoms with Gasteiger partial charge in [0.1, 0.15) is 0 Å². The molecule has 0 N–H and O–H groups in total. The van der Waals surface area contributed by atoms with Crippen LogP contribution in [-0.4, -0.2) is 18.0 Å². The number of alkyl halides is 1. The van der Waals surface area contributed by atoms with E-state index in [0.29, 0.717) is 17.3 Å². The minimum atomic E-state index is -0.390. The van der Waals surface area contributed by atoms with Crippen molar-refractivity contribution >= 4 is 27.3 Å². The lowest BCUT2D eigenvalue weighted by molar-refractivity contribution is -0.385. The molecule has 1 atom stereocenters. The molecule has 5 nitrogen and oxygen atoms in total. The first-order valence-electron chi connectivity index (χ1n) is 5.44. The highest BCUT2D eigenvalue weighted by Crippen LogP contribution is 2.27. The van der Waals surface area contributed by atoms with Gasteiger partial charge in [-0.15, -0.1) is 0 Å². The summed E-state index contributed by atoms with van der Waals surface area (Å²) in [5.74, 6) is 0. The van der Waals surface area contributed by atoms with Crippen LogP contribution in [0.5, 0.6) is 0 Å². The second-order valence-corrected chi connectivity index (χ2v) is 4.59. The van der Waals surface area contributed by atoms with Crippen molar-refractivity contribution in [3.63, 3.8) is 0 Å². The molecule has 0 saturated heterocycles. The summed E-state index contributed by atoms with van der Waals surface area (Å²) >= 11 is 3.25. The predicted octanol–water partition coefficient (Wildman–Crippen LogP) is 3.23. The largest absolute Gasteiger partial charge is 0.371 e. The Morgan fingerprint density at radius 2 is 2.28 bits per heavy atom. The normalized spacial score (nSPS) is 11.7. The second-order valence-electron chi connectivity index (χ2n) is 4.03. The Morgan fingerprint density at radius 3 is 2.78 bits per heavy atom. The molecule has 1 aromatic carbocycles. The van der Waals surface area contributed by atoms with Gasteiger partial charge in [-0.25, -0.2) is 0 Å². The Kier molecular flexibility index (Phi) is 5.10. The number of anilines is 1. The number of hydrogen-bond donors (Lipinski definition) is 0. The molecule has 0 spiro atoms. The van der Waals surface area contributed by atoms with E-state index in [-0.39, 0.29) is 16.7 Å². The molecule has 0 bridgehead atoms. The monoisotopic (exact) mass is 311 g/mol. The van der Waals surface area contributed by atoms with Gasteiger partial charge in [0.25, 0.3) is 5.69 Å². The number of nitrogens with zero attached hydrogens (tertiary/aromatic N) is 3. The maximum atomic E-state index is 10.8. The Morgan fingerprint density at radius 1 is 1.61 bits per heavy atom. The van der Waals surface area contributed by atoms with Gasteiger partial charge in [0.15, 0.2) is 0 Å². The van der Waals surface area contributed by atoms with Gasteiger partial charge in [0.05, 0.1) is 17.4 Å². The molecule has 0 aromatic heterocycles. The lowest BCUT2D eigenvalue weighted by atomic mass is 10.1. The maximum absolute atomic E-state index is 10.8. The first kappa shape index (κ1) is 14.5. The van der Waals surface area contributed by atoms with Crippen LogP contribution >= 0.6 is 15.9 Å². The average Bonchev–Trinajstić information content (AvgIpc) is 2.37. The van der Waals surface area contributed by atoms with Gasteiger partial charge in [-0.1, -0.05) is 15.9 Å². The summed E-state index contributed by atoms with van der Waals surface area (Å²) in [6.07, 6.45) is 0.414. The fourth-order valence-electron chi connectivity index (χ4n) is 1.60. The fraction of sp³-hybridized carbons (Fsp3) is 0.417. The molecule has 96 valence electrons. The van der Waals surface area contributed by atoms with Gasteiger partial charge in [0.2, 0.25) is 0 Å². The van der Waals surface area contributed by atoms with Crippen molar-refractivity contribution < 1.29 is 4.92 Å². The molecule has 0 radical (unpaired) electrons. The fourth-order valence-corrected chi connectivity index (χ4v) is 2.05. The highest BCUT2D eigenvalue weighted by Gasteiger charge is 2.16. The van der Waals surface area contributed by atoms with Crippen molar-refractivity contribution in [2.75, 3.05) is 11.9 Å². The third-order valence-corrected chi connectivity index (χ3v) is 3.46. The van der Waals surface area contributed by atoms with Crippen LogP contribution in [0.3, 0.4) is 0 Å². The molecule has 0 fully saturated rings. The van der Waals surface area contributed by atoms with Crippen molar-refractivity contribution in [3.8, 4) is 6.07 Å².